The average Bonchev–Trinajstić information content (AvgIpc) is 2.78. The number of nitrogens with zero attached hydrogens (tertiary/aromatic N) is 1. The number of hydrogen-bond acceptors (Lipinski definition) is 7. The van der Waals surface area contributed by atoms with Gasteiger partial charge in [0.2, 0.25) is 0 Å². The fourth-order valence-electron chi connectivity index (χ4n) is 3.65. The van der Waals surface area contributed by atoms with Crippen LogP contribution in [0.1, 0.15) is 51.9 Å². The van der Waals surface area contributed by atoms with E-state index in [1.807, 2.05) is 6.92 Å². The summed E-state index contributed by atoms with van der Waals surface area (Å²) in [5.74, 6) is 1.11. The third kappa shape index (κ3) is 13.8. The van der Waals surface area contributed by atoms with Crippen LogP contribution in [0, 0.1) is 5.92 Å². The maximum Gasteiger partial charge on any atom is 0.415 e. The van der Waals surface area contributed by atoms with Gasteiger partial charge in [0.1, 0.15) is 5.75 Å². The number of aliphatic hydroxyl groups is 1. The van der Waals surface area contributed by atoms with E-state index in [-0.39, 0.29) is 25.3 Å². The molecule has 2 N–H and O–H groups in total. The Labute approximate surface area is 203 Å². The number of likely N-dealkylation sites (N-methyl/N-ethyl adjacent to an activating group) is 1. The quantitative estimate of drug-likeness (QED) is 0.344. The molecule has 0 unspecified atom stereocenters. The zero-order chi connectivity index (χ0) is 24.7. The van der Waals surface area contributed by atoms with Crippen LogP contribution in [-0.2, 0) is 14.3 Å². The van der Waals surface area contributed by atoms with Gasteiger partial charge in [-0.3, -0.25) is 4.18 Å². The molecule has 1 aromatic carbocycles. The summed E-state index contributed by atoms with van der Waals surface area (Å²) in [6.45, 7) is 4.17. The van der Waals surface area contributed by atoms with Crippen molar-refractivity contribution < 1.29 is 27.2 Å². The van der Waals surface area contributed by atoms with Crippen LogP contribution in [0.25, 0.3) is 0 Å². The first-order valence-electron chi connectivity index (χ1n) is 11.5. The molecule has 1 aliphatic rings. The third-order valence-corrected chi connectivity index (χ3v) is 6.36. The van der Waals surface area contributed by atoms with E-state index in [1.54, 1.807) is 36.2 Å². The lowest BCUT2D eigenvalue weighted by Gasteiger charge is -2.34. The molecular formula is C23H39ClN2O6S. The molecule has 0 spiro atoms. The Hall–Kier alpha value is -1.39. The number of benzene rings is 1. The van der Waals surface area contributed by atoms with Crippen molar-refractivity contribution in [3.8, 4) is 5.75 Å². The molecule has 0 radical (unpaired) electrons. The summed E-state index contributed by atoms with van der Waals surface area (Å²) >= 11 is 5.84. The molecule has 10 heteroatoms. The van der Waals surface area contributed by atoms with E-state index in [9.17, 15) is 13.2 Å². The lowest BCUT2D eigenvalue weighted by molar-refractivity contribution is 0.123. The Morgan fingerprint density at radius 2 is 1.82 bits per heavy atom. The van der Waals surface area contributed by atoms with E-state index in [4.69, 9.17) is 25.6 Å². The van der Waals surface area contributed by atoms with Gasteiger partial charge in [-0.2, -0.15) is 8.42 Å². The van der Waals surface area contributed by atoms with Crippen molar-refractivity contribution in [2.75, 3.05) is 39.6 Å². The minimum atomic E-state index is -3.34. The maximum absolute atomic E-state index is 12.3. The van der Waals surface area contributed by atoms with Gasteiger partial charge >= 0.3 is 6.09 Å². The molecule has 1 aliphatic carbocycles. The van der Waals surface area contributed by atoms with Crippen molar-refractivity contribution >= 4 is 27.8 Å². The summed E-state index contributed by atoms with van der Waals surface area (Å²) in [6, 6.07) is 6.93. The molecule has 0 aliphatic heterocycles. The molecule has 1 amide bonds. The van der Waals surface area contributed by atoms with Crippen molar-refractivity contribution in [3.05, 3.63) is 29.3 Å². The van der Waals surface area contributed by atoms with Crippen LogP contribution in [0.5, 0.6) is 5.75 Å². The predicted molar refractivity (Wildman–Crippen MR) is 131 cm³/mol. The minimum absolute atomic E-state index is 0.189. The van der Waals surface area contributed by atoms with Gasteiger partial charge in [0.15, 0.2) is 0 Å². The molecule has 1 fully saturated rings. The number of rotatable bonds is 11. The first kappa shape index (κ1) is 29.6. The zero-order valence-electron chi connectivity index (χ0n) is 20.0. The average molecular weight is 507 g/mol. The van der Waals surface area contributed by atoms with Crippen molar-refractivity contribution in [2.45, 2.75) is 57.9 Å². The highest BCUT2D eigenvalue weighted by Gasteiger charge is 2.27. The Balaban J connectivity index is 0.000000801. The smallest absolute Gasteiger partial charge is 0.410 e. The number of hydrogen-bond donors (Lipinski definition) is 2. The fourth-order valence-corrected chi connectivity index (χ4v) is 4.19. The van der Waals surface area contributed by atoms with E-state index < -0.39 is 10.1 Å². The van der Waals surface area contributed by atoms with E-state index in [1.165, 1.54) is 0 Å². The first-order valence-corrected chi connectivity index (χ1v) is 13.7. The van der Waals surface area contributed by atoms with Gasteiger partial charge in [0.05, 0.1) is 19.5 Å². The molecule has 0 saturated heterocycles. The number of carbonyl (C=O) groups excluding carboxylic acids is 1. The van der Waals surface area contributed by atoms with Gasteiger partial charge in [-0.15, -0.1) is 0 Å². The largest absolute Gasteiger partial charge is 0.415 e. The summed E-state index contributed by atoms with van der Waals surface area (Å²) in [6.07, 6.45) is 7.54. The van der Waals surface area contributed by atoms with Crippen LogP contribution < -0.4 is 10.1 Å². The Bertz CT molecular complexity index is 764. The highest BCUT2D eigenvalue weighted by Crippen LogP contribution is 2.31. The molecule has 0 aromatic heterocycles. The highest BCUT2D eigenvalue weighted by atomic mass is 35.5. The SMILES string of the molecule is CCNCCO.CN(C(=O)Oc1ccc(Cl)cc1)C1CCC(CCCCOS(C)(=O)=O)CC1. The molecule has 1 aromatic rings. The van der Waals surface area contributed by atoms with E-state index in [0.717, 1.165) is 64.3 Å². The molecule has 0 heterocycles. The number of halogens is 1. The standard InChI is InChI=1S/C19H28ClNO5S.C4H11NO/c1-21(19(22)26-18-12-8-16(20)9-13-18)17-10-6-15(7-11-17)5-3-4-14-25-27(2,23)24;1-2-5-3-4-6/h8-9,12-13,15,17H,3-7,10-11,14H2,1-2H3;5-6H,2-4H2,1H3. The Kier molecular flexibility index (Phi) is 14.6. The molecular weight excluding hydrogens is 468 g/mol. The second-order valence-electron chi connectivity index (χ2n) is 8.21. The van der Waals surface area contributed by atoms with Crippen molar-refractivity contribution in [1.29, 1.82) is 0 Å². The Morgan fingerprint density at radius 3 is 2.33 bits per heavy atom. The molecule has 0 bridgehead atoms. The number of carbonyl (C=O) groups is 1. The van der Waals surface area contributed by atoms with Gasteiger partial charge < -0.3 is 20.1 Å². The summed E-state index contributed by atoms with van der Waals surface area (Å²) in [4.78, 5) is 14.0. The highest BCUT2D eigenvalue weighted by molar-refractivity contribution is 7.85. The fraction of sp³-hybridized carbons (Fsp3) is 0.696. The predicted octanol–water partition coefficient (Wildman–Crippen LogP) is 4.06. The van der Waals surface area contributed by atoms with E-state index >= 15 is 0 Å². The topological polar surface area (TPSA) is 105 Å². The minimum Gasteiger partial charge on any atom is -0.410 e. The number of unbranched alkanes of at least 4 members (excludes halogenated alkanes) is 1. The monoisotopic (exact) mass is 506 g/mol. The van der Waals surface area contributed by atoms with Crippen LogP contribution in [0.4, 0.5) is 4.79 Å². The van der Waals surface area contributed by atoms with Crippen LogP contribution in [0.3, 0.4) is 0 Å². The zero-order valence-corrected chi connectivity index (χ0v) is 21.5. The van der Waals surface area contributed by atoms with Crippen LogP contribution in [0.15, 0.2) is 24.3 Å². The number of aliphatic hydroxyl groups excluding tert-OH is 1. The van der Waals surface area contributed by atoms with E-state index in [2.05, 4.69) is 5.32 Å². The van der Waals surface area contributed by atoms with Gasteiger partial charge in [-0.25, -0.2) is 4.79 Å². The number of ether oxygens (including phenoxy) is 1. The van der Waals surface area contributed by atoms with Crippen LogP contribution in [0.2, 0.25) is 5.02 Å². The van der Waals surface area contributed by atoms with Crippen LogP contribution >= 0.6 is 11.6 Å². The number of amides is 1. The van der Waals surface area contributed by atoms with Gasteiger partial charge in [-0.1, -0.05) is 31.4 Å². The van der Waals surface area contributed by atoms with Crippen molar-refractivity contribution in [3.63, 3.8) is 0 Å². The van der Waals surface area contributed by atoms with E-state index in [0.29, 0.717) is 16.7 Å². The summed E-state index contributed by atoms with van der Waals surface area (Å²) in [5.41, 5.74) is 0. The molecule has 2 rings (SSSR count). The van der Waals surface area contributed by atoms with Crippen LogP contribution in [-0.4, -0.2) is 70.2 Å². The summed E-state index contributed by atoms with van der Waals surface area (Å²) in [5, 5.41) is 11.7. The molecule has 190 valence electrons. The second kappa shape index (κ2) is 16.3. The molecule has 1 saturated carbocycles. The van der Waals surface area contributed by atoms with Gasteiger partial charge in [0, 0.05) is 24.7 Å². The lowest BCUT2D eigenvalue weighted by Crippen LogP contribution is -2.41. The molecule has 33 heavy (non-hydrogen) atoms. The molecule has 0 atom stereocenters. The van der Waals surface area contributed by atoms with Crippen molar-refractivity contribution in [2.24, 2.45) is 5.92 Å². The van der Waals surface area contributed by atoms with Gasteiger partial charge in [0.25, 0.3) is 10.1 Å². The maximum atomic E-state index is 12.3. The summed E-state index contributed by atoms with van der Waals surface area (Å²) in [7, 11) is -1.55. The Morgan fingerprint density at radius 1 is 1.18 bits per heavy atom. The lowest BCUT2D eigenvalue weighted by atomic mass is 9.83. The molecule has 8 nitrogen and oxygen atoms in total. The van der Waals surface area contributed by atoms with Gasteiger partial charge in [-0.05, 0) is 68.8 Å². The number of nitrogens with one attached hydrogen (secondary N) is 1. The third-order valence-electron chi connectivity index (χ3n) is 5.51. The normalized spacial score (nSPS) is 18.2. The van der Waals surface area contributed by atoms with Crippen molar-refractivity contribution in [1.82, 2.24) is 10.2 Å². The summed E-state index contributed by atoms with van der Waals surface area (Å²) < 4.78 is 32.0. The first-order chi connectivity index (χ1) is 15.7. The second-order valence-corrected chi connectivity index (χ2v) is 10.3.